The number of amides is 2. The molecule has 0 aromatic heterocycles. The quantitative estimate of drug-likeness (QED) is 0.890. The van der Waals surface area contributed by atoms with Crippen LogP contribution in [0.2, 0.25) is 5.02 Å². The van der Waals surface area contributed by atoms with Crippen LogP contribution in [-0.2, 0) is 9.59 Å². The molecule has 1 aromatic carbocycles. The highest BCUT2D eigenvalue weighted by Crippen LogP contribution is 2.37. The lowest BCUT2D eigenvalue weighted by molar-refractivity contribution is -0.127. The van der Waals surface area contributed by atoms with Gasteiger partial charge in [-0.05, 0) is 31.4 Å². The molecular weight excluding hydrogens is 340 g/mol. The fourth-order valence-corrected chi connectivity index (χ4v) is 3.86. The SMILES string of the molecule is COc1cc(Cl)c(C)cc1N1CC(C(=O)NC2CCCCC2)CC1=O. The smallest absolute Gasteiger partial charge is 0.227 e. The summed E-state index contributed by atoms with van der Waals surface area (Å²) in [6, 6.07) is 3.83. The molecule has 3 rings (SSSR count). The predicted octanol–water partition coefficient (Wildman–Crippen LogP) is 3.46. The molecule has 2 aliphatic rings. The number of nitrogens with one attached hydrogen (secondary N) is 1. The summed E-state index contributed by atoms with van der Waals surface area (Å²) in [5, 5.41) is 3.73. The van der Waals surface area contributed by atoms with Gasteiger partial charge in [0.1, 0.15) is 5.75 Å². The number of nitrogens with zero attached hydrogens (tertiary/aromatic N) is 1. The lowest BCUT2D eigenvalue weighted by atomic mass is 9.95. The molecule has 2 amide bonds. The third kappa shape index (κ3) is 3.92. The van der Waals surface area contributed by atoms with E-state index in [1.54, 1.807) is 18.1 Å². The number of hydrogen-bond acceptors (Lipinski definition) is 3. The maximum absolute atomic E-state index is 12.6. The lowest BCUT2D eigenvalue weighted by Gasteiger charge is -2.24. The van der Waals surface area contributed by atoms with Gasteiger partial charge in [0.15, 0.2) is 0 Å². The zero-order chi connectivity index (χ0) is 18.0. The first-order chi connectivity index (χ1) is 12.0. The van der Waals surface area contributed by atoms with E-state index in [2.05, 4.69) is 5.32 Å². The van der Waals surface area contributed by atoms with Crippen LogP contribution in [0, 0.1) is 12.8 Å². The van der Waals surface area contributed by atoms with Gasteiger partial charge in [0, 0.05) is 30.1 Å². The molecule has 1 atom stereocenters. The molecule has 5 nitrogen and oxygen atoms in total. The van der Waals surface area contributed by atoms with E-state index in [0.29, 0.717) is 23.0 Å². The number of benzene rings is 1. The zero-order valence-corrected chi connectivity index (χ0v) is 15.6. The van der Waals surface area contributed by atoms with Gasteiger partial charge in [0.05, 0.1) is 18.7 Å². The van der Waals surface area contributed by atoms with Crippen molar-refractivity contribution in [2.24, 2.45) is 5.92 Å². The van der Waals surface area contributed by atoms with Crippen LogP contribution in [0.15, 0.2) is 12.1 Å². The Labute approximate surface area is 153 Å². The second kappa shape index (κ2) is 7.65. The third-order valence-corrected chi connectivity index (χ3v) is 5.61. The van der Waals surface area contributed by atoms with E-state index >= 15 is 0 Å². The summed E-state index contributed by atoms with van der Waals surface area (Å²) >= 11 is 6.15. The molecule has 1 saturated heterocycles. The van der Waals surface area contributed by atoms with Crippen LogP contribution in [0.4, 0.5) is 5.69 Å². The number of methoxy groups -OCH3 is 1. The van der Waals surface area contributed by atoms with Crippen LogP contribution < -0.4 is 15.0 Å². The summed E-state index contributed by atoms with van der Waals surface area (Å²) in [5.74, 6) is 0.184. The molecule has 2 fully saturated rings. The Morgan fingerprint density at radius 1 is 1.28 bits per heavy atom. The fourth-order valence-electron chi connectivity index (χ4n) is 3.70. The van der Waals surface area contributed by atoms with Crippen molar-refractivity contribution in [2.75, 3.05) is 18.6 Å². The van der Waals surface area contributed by atoms with Crippen LogP contribution in [0.3, 0.4) is 0 Å². The van der Waals surface area contributed by atoms with Gasteiger partial charge in [-0.1, -0.05) is 30.9 Å². The van der Waals surface area contributed by atoms with Crippen LogP contribution in [0.25, 0.3) is 0 Å². The normalized spacial score (nSPS) is 21.5. The Balaban J connectivity index is 1.72. The van der Waals surface area contributed by atoms with Gasteiger partial charge >= 0.3 is 0 Å². The summed E-state index contributed by atoms with van der Waals surface area (Å²) in [6.45, 7) is 2.27. The molecule has 1 aromatic rings. The number of rotatable bonds is 4. The van der Waals surface area contributed by atoms with Crippen molar-refractivity contribution >= 4 is 29.1 Å². The number of halogens is 1. The molecule has 6 heteroatoms. The van der Waals surface area contributed by atoms with Crippen LogP contribution in [0.1, 0.15) is 44.1 Å². The van der Waals surface area contributed by atoms with Gasteiger partial charge in [-0.2, -0.15) is 0 Å². The van der Waals surface area contributed by atoms with Crippen LogP contribution in [0.5, 0.6) is 5.75 Å². The highest BCUT2D eigenvalue weighted by molar-refractivity contribution is 6.31. The molecule has 1 heterocycles. The average Bonchev–Trinajstić information content (AvgIpc) is 2.99. The first-order valence-electron chi connectivity index (χ1n) is 8.94. The topological polar surface area (TPSA) is 58.6 Å². The summed E-state index contributed by atoms with van der Waals surface area (Å²) in [4.78, 5) is 26.7. The van der Waals surface area contributed by atoms with E-state index in [0.717, 1.165) is 18.4 Å². The number of carbonyl (C=O) groups is 2. The summed E-state index contributed by atoms with van der Waals surface area (Å²) in [5.41, 5.74) is 1.56. The Morgan fingerprint density at radius 3 is 2.68 bits per heavy atom. The van der Waals surface area contributed by atoms with E-state index in [1.807, 2.05) is 13.0 Å². The molecule has 136 valence electrons. The Kier molecular flexibility index (Phi) is 5.52. The fraction of sp³-hybridized carbons (Fsp3) is 0.579. The van der Waals surface area contributed by atoms with Gasteiger partial charge in [-0.15, -0.1) is 0 Å². The average molecular weight is 365 g/mol. The molecule has 1 aliphatic heterocycles. The third-order valence-electron chi connectivity index (χ3n) is 5.20. The second-order valence-electron chi connectivity index (χ2n) is 7.02. The highest BCUT2D eigenvalue weighted by atomic mass is 35.5. The van der Waals surface area contributed by atoms with E-state index in [4.69, 9.17) is 16.3 Å². The number of hydrogen-bond donors (Lipinski definition) is 1. The molecule has 0 bridgehead atoms. The lowest BCUT2D eigenvalue weighted by Crippen LogP contribution is -2.40. The number of ether oxygens (including phenoxy) is 1. The maximum atomic E-state index is 12.6. The largest absolute Gasteiger partial charge is 0.495 e. The summed E-state index contributed by atoms with van der Waals surface area (Å²) in [7, 11) is 1.55. The second-order valence-corrected chi connectivity index (χ2v) is 7.43. The van der Waals surface area contributed by atoms with Gasteiger partial charge in [-0.3, -0.25) is 9.59 Å². The van der Waals surface area contributed by atoms with Crippen LogP contribution >= 0.6 is 11.6 Å². The highest BCUT2D eigenvalue weighted by Gasteiger charge is 2.37. The van der Waals surface area contributed by atoms with Gasteiger partial charge in [0.25, 0.3) is 0 Å². The minimum atomic E-state index is -0.310. The van der Waals surface area contributed by atoms with Crippen molar-refractivity contribution in [1.82, 2.24) is 5.32 Å². The van der Waals surface area contributed by atoms with E-state index in [1.165, 1.54) is 19.3 Å². The number of anilines is 1. The Bertz CT molecular complexity index is 671. The van der Waals surface area contributed by atoms with Crippen LogP contribution in [-0.4, -0.2) is 31.5 Å². The number of aryl methyl sites for hydroxylation is 1. The Hall–Kier alpha value is -1.75. The summed E-state index contributed by atoms with van der Waals surface area (Å²) in [6.07, 6.45) is 5.91. The predicted molar refractivity (Wildman–Crippen MR) is 98.2 cm³/mol. The zero-order valence-electron chi connectivity index (χ0n) is 14.8. The van der Waals surface area contributed by atoms with Crippen molar-refractivity contribution < 1.29 is 14.3 Å². The van der Waals surface area contributed by atoms with Gasteiger partial charge in [0.2, 0.25) is 11.8 Å². The molecule has 1 saturated carbocycles. The van der Waals surface area contributed by atoms with E-state index in [-0.39, 0.29) is 30.2 Å². The first kappa shape index (κ1) is 18.1. The van der Waals surface area contributed by atoms with Gasteiger partial charge < -0.3 is 15.0 Å². The molecule has 1 unspecified atom stereocenters. The summed E-state index contributed by atoms with van der Waals surface area (Å²) < 4.78 is 5.38. The monoisotopic (exact) mass is 364 g/mol. The van der Waals surface area contributed by atoms with Crippen molar-refractivity contribution in [1.29, 1.82) is 0 Å². The van der Waals surface area contributed by atoms with Crippen molar-refractivity contribution in [3.63, 3.8) is 0 Å². The molecule has 0 spiro atoms. The molecule has 1 aliphatic carbocycles. The molecule has 0 radical (unpaired) electrons. The van der Waals surface area contributed by atoms with Crippen molar-refractivity contribution in [3.8, 4) is 5.75 Å². The van der Waals surface area contributed by atoms with Gasteiger partial charge in [-0.25, -0.2) is 0 Å². The van der Waals surface area contributed by atoms with Crippen molar-refractivity contribution in [2.45, 2.75) is 51.5 Å². The van der Waals surface area contributed by atoms with E-state index < -0.39 is 0 Å². The minimum absolute atomic E-state index is 0.00703. The molecule has 1 N–H and O–H groups in total. The standard InChI is InChI=1S/C19H25ClN2O3/c1-12-8-16(17(25-2)10-15(12)20)22-11-13(9-18(22)23)19(24)21-14-6-4-3-5-7-14/h8,10,13-14H,3-7,9,11H2,1-2H3,(H,21,24). The Morgan fingerprint density at radius 2 is 2.00 bits per heavy atom. The first-order valence-corrected chi connectivity index (χ1v) is 9.32. The minimum Gasteiger partial charge on any atom is -0.495 e. The van der Waals surface area contributed by atoms with Crippen molar-refractivity contribution in [3.05, 3.63) is 22.7 Å². The molecular formula is C19H25ClN2O3. The maximum Gasteiger partial charge on any atom is 0.227 e. The number of carbonyl (C=O) groups excluding carboxylic acids is 2. The van der Waals surface area contributed by atoms with E-state index in [9.17, 15) is 9.59 Å². The molecule has 25 heavy (non-hydrogen) atoms.